The van der Waals surface area contributed by atoms with Crippen molar-refractivity contribution in [3.63, 3.8) is 0 Å². The van der Waals surface area contributed by atoms with Crippen LogP contribution in [0.2, 0.25) is 0 Å². The van der Waals surface area contributed by atoms with Crippen LogP contribution in [0.15, 0.2) is 12.2 Å². The molecule has 0 N–H and O–H groups in total. The molecule has 0 aromatic heterocycles. The van der Waals surface area contributed by atoms with E-state index in [9.17, 15) is 4.79 Å². The van der Waals surface area contributed by atoms with E-state index in [-0.39, 0.29) is 0 Å². The van der Waals surface area contributed by atoms with Crippen LogP contribution in [0.1, 0.15) is 162 Å². The van der Waals surface area contributed by atoms with Crippen LogP contribution in [0, 0.1) is 0 Å². The number of carbonyl (C=O) groups excluding carboxylic acids is 1. The van der Waals surface area contributed by atoms with Crippen LogP contribution in [-0.2, 0) is 4.79 Å². The Morgan fingerprint density at radius 3 is 1.34 bits per heavy atom. The molecule has 0 unspecified atom stereocenters. The first kappa shape index (κ1) is 31.2. The normalized spacial score (nSPS) is 11.5. The third-order valence-electron chi connectivity index (χ3n) is 6.57. The molecule has 0 fully saturated rings. The van der Waals surface area contributed by atoms with Gasteiger partial charge >= 0.3 is 0 Å². The Morgan fingerprint density at radius 2 is 0.875 bits per heavy atom. The number of amides is 1. The number of carbonyl (C=O) groups is 1. The second-order valence-corrected chi connectivity index (χ2v) is 9.84. The highest BCUT2D eigenvalue weighted by Crippen LogP contribution is 2.12. The zero-order valence-electron chi connectivity index (χ0n) is 22.5. The number of hydrogen-bond acceptors (Lipinski definition) is 1. The topological polar surface area (TPSA) is 20.3 Å². The molecule has 2 heteroatoms. The van der Waals surface area contributed by atoms with Crippen molar-refractivity contribution in [2.24, 2.45) is 0 Å². The predicted molar refractivity (Wildman–Crippen MR) is 144 cm³/mol. The smallest absolute Gasteiger partial charge is 0.222 e. The van der Waals surface area contributed by atoms with Crippen LogP contribution in [0.4, 0.5) is 0 Å². The van der Waals surface area contributed by atoms with Crippen LogP contribution < -0.4 is 0 Å². The summed E-state index contributed by atoms with van der Waals surface area (Å²) in [5.74, 6) is 0.413. The molecule has 0 saturated carbocycles. The van der Waals surface area contributed by atoms with E-state index < -0.39 is 0 Å². The number of nitrogens with zero attached hydrogens (tertiary/aromatic N) is 1. The van der Waals surface area contributed by atoms with Crippen molar-refractivity contribution >= 4 is 5.91 Å². The standard InChI is InChI=1S/C30H59NO/c1-4-7-10-13-14-15-16-17-18-19-20-21-22-23-24-27-30(32)31(28-25-11-8-5-2)29-26-12-9-6-3/h17-18H,4-16,19-29H2,1-3H3. The minimum absolute atomic E-state index is 0.413. The summed E-state index contributed by atoms with van der Waals surface area (Å²) in [4.78, 5) is 14.9. The molecule has 32 heavy (non-hydrogen) atoms. The Bertz CT molecular complexity index is 392. The van der Waals surface area contributed by atoms with E-state index in [0.29, 0.717) is 5.91 Å². The van der Waals surface area contributed by atoms with Gasteiger partial charge in [-0.3, -0.25) is 4.79 Å². The molecule has 0 aliphatic carbocycles. The first-order valence-corrected chi connectivity index (χ1v) is 14.7. The van der Waals surface area contributed by atoms with Gasteiger partial charge in [0.15, 0.2) is 0 Å². The maximum Gasteiger partial charge on any atom is 0.222 e. The third kappa shape index (κ3) is 22.4. The monoisotopic (exact) mass is 449 g/mol. The summed E-state index contributed by atoms with van der Waals surface area (Å²) in [6, 6.07) is 0. The van der Waals surface area contributed by atoms with Gasteiger partial charge in [0.1, 0.15) is 0 Å². The molecule has 0 aromatic carbocycles. The van der Waals surface area contributed by atoms with Crippen molar-refractivity contribution in [3.8, 4) is 0 Å². The second-order valence-electron chi connectivity index (χ2n) is 9.84. The first-order chi connectivity index (χ1) is 15.8. The Kier molecular flexibility index (Phi) is 25.8. The summed E-state index contributed by atoms with van der Waals surface area (Å²) < 4.78 is 0. The van der Waals surface area contributed by atoms with Crippen molar-refractivity contribution in [1.29, 1.82) is 0 Å². The van der Waals surface area contributed by atoms with Crippen molar-refractivity contribution in [2.45, 2.75) is 162 Å². The Morgan fingerprint density at radius 1 is 0.500 bits per heavy atom. The summed E-state index contributed by atoms with van der Waals surface area (Å²) in [5, 5.41) is 0. The predicted octanol–water partition coefficient (Wildman–Crippen LogP) is 10.0. The molecule has 0 aliphatic rings. The van der Waals surface area contributed by atoms with Gasteiger partial charge in [0.25, 0.3) is 0 Å². The highest BCUT2D eigenvalue weighted by atomic mass is 16.2. The lowest BCUT2D eigenvalue weighted by Crippen LogP contribution is -2.32. The summed E-state index contributed by atoms with van der Waals surface area (Å²) in [5.41, 5.74) is 0. The van der Waals surface area contributed by atoms with Gasteiger partial charge in [-0.25, -0.2) is 0 Å². The quantitative estimate of drug-likeness (QED) is 0.100. The lowest BCUT2D eigenvalue weighted by atomic mass is 10.1. The Labute approximate surface area is 203 Å². The third-order valence-corrected chi connectivity index (χ3v) is 6.57. The molecule has 0 aliphatic heterocycles. The van der Waals surface area contributed by atoms with Crippen molar-refractivity contribution in [3.05, 3.63) is 12.2 Å². The van der Waals surface area contributed by atoms with Gasteiger partial charge in [0.2, 0.25) is 5.91 Å². The van der Waals surface area contributed by atoms with Crippen LogP contribution in [0.25, 0.3) is 0 Å². The lowest BCUT2D eigenvalue weighted by molar-refractivity contribution is -0.131. The molecule has 2 nitrogen and oxygen atoms in total. The molecule has 190 valence electrons. The van der Waals surface area contributed by atoms with Crippen LogP contribution in [0.5, 0.6) is 0 Å². The van der Waals surface area contributed by atoms with E-state index >= 15 is 0 Å². The highest BCUT2D eigenvalue weighted by molar-refractivity contribution is 5.76. The Hall–Kier alpha value is -0.790. The maximum atomic E-state index is 12.7. The van der Waals surface area contributed by atoms with Gasteiger partial charge in [0.05, 0.1) is 0 Å². The molecular weight excluding hydrogens is 390 g/mol. The fraction of sp³-hybridized carbons (Fsp3) is 0.900. The van der Waals surface area contributed by atoms with Crippen molar-refractivity contribution in [1.82, 2.24) is 4.90 Å². The fourth-order valence-electron chi connectivity index (χ4n) is 4.33. The number of unbranched alkanes of at least 4 members (excludes halogenated alkanes) is 17. The van der Waals surface area contributed by atoms with E-state index in [2.05, 4.69) is 37.8 Å². The summed E-state index contributed by atoms with van der Waals surface area (Å²) in [6.45, 7) is 8.75. The molecule has 0 heterocycles. The van der Waals surface area contributed by atoms with Gasteiger partial charge in [-0.15, -0.1) is 0 Å². The van der Waals surface area contributed by atoms with Gasteiger partial charge in [0, 0.05) is 19.5 Å². The van der Waals surface area contributed by atoms with Gasteiger partial charge < -0.3 is 4.90 Å². The highest BCUT2D eigenvalue weighted by Gasteiger charge is 2.12. The maximum absolute atomic E-state index is 12.7. The zero-order chi connectivity index (χ0) is 23.5. The minimum atomic E-state index is 0.413. The molecule has 0 radical (unpaired) electrons. The van der Waals surface area contributed by atoms with E-state index in [1.54, 1.807) is 0 Å². The molecule has 0 saturated heterocycles. The Balaban J connectivity index is 3.72. The number of rotatable bonds is 25. The van der Waals surface area contributed by atoms with Gasteiger partial charge in [-0.1, -0.05) is 123 Å². The number of allylic oxidation sites excluding steroid dienone is 2. The van der Waals surface area contributed by atoms with E-state index in [1.165, 1.54) is 128 Å². The first-order valence-electron chi connectivity index (χ1n) is 14.7. The van der Waals surface area contributed by atoms with Gasteiger partial charge in [-0.05, 0) is 44.9 Å². The van der Waals surface area contributed by atoms with Crippen molar-refractivity contribution in [2.75, 3.05) is 13.1 Å². The molecular formula is C30H59NO. The summed E-state index contributed by atoms with van der Waals surface area (Å²) in [6.07, 6.45) is 32.6. The van der Waals surface area contributed by atoms with Crippen LogP contribution >= 0.6 is 0 Å². The van der Waals surface area contributed by atoms with Crippen molar-refractivity contribution < 1.29 is 4.79 Å². The molecule has 0 spiro atoms. The molecule has 0 bridgehead atoms. The molecule has 0 atom stereocenters. The van der Waals surface area contributed by atoms with E-state index in [1.807, 2.05) is 0 Å². The van der Waals surface area contributed by atoms with Gasteiger partial charge in [-0.2, -0.15) is 0 Å². The molecule has 1 amide bonds. The molecule has 0 rings (SSSR count). The van der Waals surface area contributed by atoms with E-state index in [0.717, 1.165) is 25.9 Å². The fourth-order valence-corrected chi connectivity index (χ4v) is 4.33. The molecule has 0 aromatic rings. The van der Waals surface area contributed by atoms with Crippen LogP contribution in [-0.4, -0.2) is 23.9 Å². The lowest BCUT2D eigenvalue weighted by Gasteiger charge is -2.23. The number of hydrogen-bond donors (Lipinski definition) is 0. The summed E-state index contributed by atoms with van der Waals surface area (Å²) in [7, 11) is 0. The summed E-state index contributed by atoms with van der Waals surface area (Å²) >= 11 is 0. The second kappa shape index (κ2) is 26.5. The largest absolute Gasteiger partial charge is 0.343 e. The minimum Gasteiger partial charge on any atom is -0.343 e. The van der Waals surface area contributed by atoms with Crippen LogP contribution in [0.3, 0.4) is 0 Å². The average Bonchev–Trinajstić information content (AvgIpc) is 2.80. The average molecular weight is 450 g/mol. The van der Waals surface area contributed by atoms with E-state index in [4.69, 9.17) is 0 Å². The SMILES string of the molecule is CCCCCCCCC=CCCCCCCCC(=O)N(CCCCCC)CCCCCC. The zero-order valence-corrected chi connectivity index (χ0v) is 22.5.